The van der Waals surface area contributed by atoms with Crippen LogP contribution in [-0.4, -0.2) is 32.3 Å². The fourth-order valence-electron chi connectivity index (χ4n) is 2.19. The summed E-state index contributed by atoms with van der Waals surface area (Å²) in [5, 5.41) is 3.31. The first kappa shape index (κ1) is 15.6. The van der Waals surface area contributed by atoms with Crippen molar-refractivity contribution in [3.05, 3.63) is 23.8 Å². The summed E-state index contributed by atoms with van der Waals surface area (Å²) < 4.78 is 16.2. The molecule has 1 aromatic carbocycles. The second kappa shape index (κ2) is 7.88. The lowest BCUT2D eigenvalue weighted by molar-refractivity contribution is -0.143. The molecule has 116 valence electrons. The van der Waals surface area contributed by atoms with E-state index in [1.165, 1.54) is 0 Å². The molecule has 0 aromatic heterocycles. The van der Waals surface area contributed by atoms with Crippen molar-refractivity contribution in [1.29, 1.82) is 0 Å². The SMILES string of the molecule is CCOC(=O)CCNC(C)c1ccc2c(c1)OCCCO2. The number of carbonyl (C=O) groups excluding carboxylic acids is 1. The molecule has 0 radical (unpaired) electrons. The Morgan fingerprint density at radius 1 is 1.33 bits per heavy atom. The minimum atomic E-state index is -0.170. The van der Waals surface area contributed by atoms with Crippen LogP contribution >= 0.6 is 0 Å². The van der Waals surface area contributed by atoms with Crippen LogP contribution in [0.5, 0.6) is 11.5 Å². The van der Waals surface area contributed by atoms with Crippen LogP contribution < -0.4 is 14.8 Å². The monoisotopic (exact) mass is 293 g/mol. The number of hydrogen-bond acceptors (Lipinski definition) is 5. The van der Waals surface area contributed by atoms with Crippen LogP contribution in [-0.2, 0) is 9.53 Å². The van der Waals surface area contributed by atoms with E-state index in [1.54, 1.807) is 0 Å². The molecule has 5 nitrogen and oxygen atoms in total. The molecule has 1 aromatic rings. The third-order valence-electron chi connectivity index (χ3n) is 3.36. The summed E-state index contributed by atoms with van der Waals surface area (Å²) in [4.78, 5) is 11.3. The Labute approximate surface area is 125 Å². The standard InChI is InChI=1S/C16H23NO4/c1-3-19-16(18)7-8-17-12(2)13-5-6-14-15(11-13)21-10-4-9-20-14/h5-6,11-12,17H,3-4,7-10H2,1-2H3. The summed E-state index contributed by atoms with van der Waals surface area (Å²) in [7, 11) is 0. The highest BCUT2D eigenvalue weighted by Gasteiger charge is 2.13. The summed E-state index contributed by atoms with van der Waals surface area (Å²) >= 11 is 0. The average Bonchev–Trinajstić information content (AvgIpc) is 2.71. The van der Waals surface area contributed by atoms with Gasteiger partial charge in [0.25, 0.3) is 0 Å². The van der Waals surface area contributed by atoms with E-state index in [2.05, 4.69) is 12.2 Å². The summed E-state index contributed by atoms with van der Waals surface area (Å²) in [6.07, 6.45) is 1.28. The van der Waals surface area contributed by atoms with Gasteiger partial charge in [0.05, 0.1) is 26.2 Å². The van der Waals surface area contributed by atoms with Crippen molar-refractivity contribution < 1.29 is 19.0 Å². The zero-order valence-electron chi connectivity index (χ0n) is 12.7. The van der Waals surface area contributed by atoms with Gasteiger partial charge in [0.15, 0.2) is 11.5 Å². The molecule has 21 heavy (non-hydrogen) atoms. The third-order valence-corrected chi connectivity index (χ3v) is 3.36. The summed E-state index contributed by atoms with van der Waals surface area (Å²) in [5.41, 5.74) is 1.11. The molecule has 1 aliphatic rings. The normalized spacial score (nSPS) is 15.1. The zero-order chi connectivity index (χ0) is 15.1. The first-order valence-corrected chi connectivity index (χ1v) is 7.49. The van der Waals surface area contributed by atoms with Crippen LogP contribution in [0.15, 0.2) is 18.2 Å². The van der Waals surface area contributed by atoms with Gasteiger partial charge in [-0.15, -0.1) is 0 Å². The maximum atomic E-state index is 11.3. The predicted octanol–water partition coefficient (Wildman–Crippen LogP) is 2.45. The minimum absolute atomic E-state index is 0.136. The van der Waals surface area contributed by atoms with Crippen molar-refractivity contribution in [3.8, 4) is 11.5 Å². The van der Waals surface area contributed by atoms with Crippen molar-refractivity contribution in [2.24, 2.45) is 0 Å². The van der Waals surface area contributed by atoms with Gasteiger partial charge in [0.1, 0.15) is 0 Å². The molecule has 0 saturated heterocycles. The van der Waals surface area contributed by atoms with Crippen molar-refractivity contribution in [2.45, 2.75) is 32.7 Å². The van der Waals surface area contributed by atoms with Gasteiger partial charge in [-0.2, -0.15) is 0 Å². The number of carbonyl (C=O) groups is 1. The van der Waals surface area contributed by atoms with E-state index in [1.807, 2.05) is 25.1 Å². The Morgan fingerprint density at radius 3 is 2.86 bits per heavy atom. The first-order valence-electron chi connectivity index (χ1n) is 7.49. The molecular weight excluding hydrogens is 270 g/mol. The second-order valence-corrected chi connectivity index (χ2v) is 4.99. The number of hydrogen-bond donors (Lipinski definition) is 1. The molecule has 0 fully saturated rings. The van der Waals surface area contributed by atoms with Crippen LogP contribution in [0.2, 0.25) is 0 Å². The third kappa shape index (κ3) is 4.63. The van der Waals surface area contributed by atoms with Gasteiger partial charge in [-0.3, -0.25) is 4.79 Å². The lowest BCUT2D eigenvalue weighted by Crippen LogP contribution is -2.22. The maximum Gasteiger partial charge on any atom is 0.307 e. The van der Waals surface area contributed by atoms with E-state index in [-0.39, 0.29) is 12.0 Å². The van der Waals surface area contributed by atoms with Gasteiger partial charge in [-0.05, 0) is 31.5 Å². The Balaban J connectivity index is 1.89. The summed E-state index contributed by atoms with van der Waals surface area (Å²) in [6, 6.07) is 6.11. The maximum absolute atomic E-state index is 11.3. The van der Waals surface area contributed by atoms with Crippen LogP contribution in [0.1, 0.15) is 38.3 Å². The fourth-order valence-corrected chi connectivity index (χ4v) is 2.19. The van der Waals surface area contributed by atoms with Crippen molar-refractivity contribution in [1.82, 2.24) is 5.32 Å². The highest BCUT2D eigenvalue weighted by Crippen LogP contribution is 2.32. The smallest absolute Gasteiger partial charge is 0.307 e. The molecule has 1 unspecified atom stereocenters. The molecule has 0 bridgehead atoms. The van der Waals surface area contributed by atoms with Crippen LogP contribution in [0.25, 0.3) is 0 Å². The highest BCUT2D eigenvalue weighted by atomic mass is 16.5. The molecule has 5 heteroatoms. The molecule has 0 amide bonds. The fraction of sp³-hybridized carbons (Fsp3) is 0.562. The van der Waals surface area contributed by atoms with Gasteiger partial charge in [-0.25, -0.2) is 0 Å². The molecule has 1 heterocycles. The molecule has 0 saturated carbocycles. The van der Waals surface area contributed by atoms with Gasteiger partial charge < -0.3 is 19.5 Å². The Kier molecular flexibility index (Phi) is 5.87. The van der Waals surface area contributed by atoms with E-state index < -0.39 is 0 Å². The average molecular weight is 293 g/mol. The number of esters is 1. The molecule has 1 atom stereocenters. The molecule has 1 N–H and O–H groups in total. The van der Waals surface area contributed by atoms with E-state index in [4.69, 9.17) is 14.2 Å². The van der Waals surface area contributed by atoms with E-state index >= 15 is 0 Å². The molecule has 0 aliphatic carbocycles. The van der Waals surface area contributed by atoms with Crippen LogP contribution in [0.3, 0.4) is 0 Å². The molecule has 2 rings (SSSR count). The zero-order valence-corrected chi connectivity index (χ0v) is 12.7. The van der Waals surface area contributed by atoms with Crippen LogP contribution in [0.4, 0.5) is 0 Å². The van der Waals surface area contributed by atoms with Gasteiger partial charge >= 0.3 is 5.97 Å². The van der Waals surface area contributed by atoms with E-state index in [0.717, 1.165) is 23.5 Å². The Bertz CT molecular complexity index is 475. The lowest BCUT2D eigenvalue weighted by atomic mass is 10.1. The minimum Gasteiger partial charge on any atom is -0.490 e. The molecule has 0 spiro atoms. The highest BCUT2D eigenvalue weighted by molar-refractivity contribution is 5.69. The number of fused-ring (bicyclic) bond motifs is 1. The summed E-state index contributed by atoms with van der Waals surface area (Å²) in [5.74, 6) is 1.43. The van der Waals surface area contributed by atoms with E-state index in [9.17, 15) is 4.79 Å². The Hall–Kier alpha value is -1.75. The molecule has 1 aliphatic heterocycles. The number of nitrogens with one attached hydrogen (secondary N) is 1. The summed E-state index contributed by atoms with van der Waals surface area (Å²) in [6.45, 7) is 6.27. The Morgan fingerprint density at radius 2 is 2.10 bits per heavy atom. The van der Waals surface area contributed by atoms with Crippen molar-refractivity contribution >= 4 is 5.97 Å². The van der Waals surface area contributed by atoms with Gasteiger partial charge in [-0.1, -0.05) is 6.07 Å². The number of benzene rings is 1. The second-order valence-electron chi connectivity index (χ2n) is 4.99. The van der Waals surface area contributed by atoms with Crippen molar-refractivity contribution in [2.75, 3.05) is 26.4 Å². The van der Waals surface area contributed by atoms with Gasteiger partial charge in [0, 0.05) is 19.0 Å². The van der Waals surface area contributed by atoms with E-state index in [0.29, 0.717) is 32.8 Å². The first-order chi connectivity index (χ1) is 10.2. The largest absolute Gasteiger partial charge is 0.490 e. The van der Waals surface area contributed by atoms with Gasteiger partial charge in [0.2, 0.25) is 0 Å². The predicted molar refractivity (Wildman–Crippen MR) is 79.7 cm³/mol. The quantitative estimate of drug-likeness (QED) is 0.816. The lowest BCUT2D eigenvalue weighted by Gasteiger charge is -2.16. The number of rotatable bonds is 6. The molecular formula is C16H23NO4. The topological polar surface area (TPSA) is 56.8 Å². The number of ether oxygens (including phenoxy) is 3. The van der Waals surface area contributed by atoms with Crippen LogP contribution in [0, 0.1) is 0 Å². The van der Waals surface area contributed by atoms with Crippen molar-refractivity contribution in [3.63, 3.8) is 0 Å².